The first-order valence-corrected chi connectivity index (χ1v) is 6.27. The molecule has 20 heavy (non-hydrogen) atoms. The number of nitrogens with two attached hydrogens (primary N) is 1. The quantitative estimate of drug-likeness (QED) is 0.941. The summed E-state index contributed by atoms with van der Waals surface area (Å²) in [7, 11) is 0. The van der Waals surface area contributed by atoms with E-state index in [1.807, 2.05) is 6.92 Å². The summed E-state index contributed by atoms with van der Waals surface area (Å²) in [6, 6.07) is 6.77. The molecule has 0 aliphatic heterocycles. The third-order valence-electron chi connectivity index (χ3n) is 3.13. The monoisotopic (exact) mass is 283 g/mol. The molecule has 0 radical (unpaired) electrons. The van der Waals surface area contributed by atoms with Crippen LogP contribution in [0.15, 0.2) is 24.3 Å². The second kappa shape index (κ2) is 5.28. The Hall–Kier alpha value is -1.82. The lowest BCUT2D eigenvalue weighted by atomic mass is 10.1. The SMILES string of the molecule is Cc1ccc(-n2nc(C)c(CCN)c2C(F)(F)F)cc1. The van der Waals surface area contributed by atoms with Crippen LogP contribution in [-0.4, -0.2) is 16.3 Å². The van der Waals surface area contributed by atoms with Crippen LogP contribution < -0.4 is 5.73 Å². The second-order valence-electron chi connectivity index (χ2n) is 4.70. The van der Waals surface area contributed by atoms with Crippen molar-refractivity contribution in [2.75, 3.05) is 6.54 Å². The molecule has 2 aromatic rings. The predicted molar refractivity (Wildman–Crippen MR) is 70.8 cm³/mol. The molecule has 1 aromatic heterocycles. The van der Waals surface area contributed by atoms with Gasteiger partial charge in [0.2, 0.25) is 0 Å². The fourth-order valence-corrected chi connectivity index (χ4v) is 2.17. The minimum absolute atomic E-state index is 0.156. The van der Waals surface area contributed by atoms with Crippen molar-refractivity contribution in [2.24, 2.45) is 5.73 Å². The van der Waals surface area contributed by atoms with Gasteiger partial charge in [0.05, 0.1) is 11.4 Å². The molecule has 3 nitrogen and oxygen atoms in total. The number of nitrogens with zero attached hydrogens (tertiary/aromatic N) is 2. The normalized spacial score (nSPS) is 11.9. The Morgan fingerprint density at radius 1 is 1.15 bits per heavy atom. The number of benzene rings is 1. The highest BCUT2D eigenvalue weighted by Gasteiger charge is 2.39. The molecule has 6 heteroatoms. The van der Waals surface area contributed by atoms with Crippen molar-refractivity contribution in [3.63, 3.8) is 0 Å². The minimum Gasteiger partial charge on any atom is -0.330 e. The van der Waals surface area contributed by atoms with E-state index in [2.05, 4.69) is 5.10 Å². The number of alkyl halides is 3. The summed E-state index contributed by atoms with van der Waals surface area (Å²) >= 11 is 0. The Balaban J connectivity index is 2.64. The van der Waals surface area contributed by atoms with Crippen LogP contribution in [0.25, 0.3) is 5.69 Å². The molecule has 0 spiro atoms. The first kappa shape index (κ1) is 14.6. The van der Waals surface area contributed by atoms with Gasteiger partial charge in [-0.3, -0.25) is 0 Å². The molecule has 0 atom stereocenters. The van der Waals surface area contributed by atoms with Gasteiger partial charge >= 0.3 is 6.18 Å². The fourth-order valence-electron chi connectivity index (χ4n) is 2.17. The topological polar surface area (TPSA) is 43.8 Å². The number of halogens is 3. The molecule has 0 fully saturated rings. The summed E-state index contributed by atoms with van der Waals surface area (Å²) in [5, 5.41) is 4.04. The van der Waals surface area contributed by atoms with Crippen molar-refractivity contribution in [2.45, 2.75) is 26.4 Å². The van der Waals surface area contributed by atoms with Crippen molar-refractivity contribution >= 4 is 0 Å². The maximum atomic E-state index is 13.3. The highest BCUT2D eigenvalue weighted by atomic mass is 19.4. The molecule has 0 bridgehead atoms. The van der Waals surface area contributed by atoms with Crippen LogP contribution in [-0.2, 0) is 12.6 Å². The molecule has 108 valence electrons. The summed E-state index contributed by atoms with van der Waals surface area (Å²) in [6.07, 6.45) is -4.30. The van der Waals surface area contributed by atoms with E-state index < -0.39 is 11.9 Å². The molecule has 1 heterocycles. The Labute approximate surface area is 115 Å². The average Bonchev–Trinajstić information content (AvgIpc) is 2.68. The minimum atomic E-state index is -4.46. The smallest absolute Gasteiger partial charge is 0.330 e. The predicted octanol–water partition coefficient (Wildman–Crippen LogP) is 3.01. The number of hydrogen-bond acceptors (Lipinski definition) is 2. The number of rotatable bonds is 3. The first-order chi connectivity index (χ1) is 9.34. The van der Waals surface area contributed by atoms with Crippen LogP contribution in [0.5, 0.6) is 0 Å². The van der Waals surface area contributed by atoms with E-state index in [0.717, 1.165) is 10.2 Å². The second-order valence-corrected chi connectivity index (χ2v) is 4.70. The van der Waals surface area contributed by atoms with Gasteiger partial charge in [-0.25, -0.2) is 4.68 Å². The lowest BCUT2D eigenvalue weighted by molar-refractivity contribution is -0.143. The number of aryl methyl sites for hydroxylation is 2. The molecule has 0 aliphatic carbocycles. The molecule has 1 aromatic carbocycles. The molecule has 0 unspecified atom stereocenters. The van der Waals surface area contributed by atoms with Crippen LogP contribution >= 0.6 is 0 Å². The molecule has 0 saturated heterocycles. The summed E-state index contributed by atoms with van der Waals surface area (Å²) in [6.45, 7) is 3.61. The Morgan fingerprint density at radius 3 is 2.25 bits per heavy atom. The Morgan fingerprint density at radius 2 is 1.75 bits per heavy atom. The van der Waals surface area contributed by atoms with E-state index in [4.69, 9.17) is 5.73 Å². The molecule has 0 saturated carbocycles. The van der Waals surface area contributed by atoms with Gasteiger partial charge in [0.25, 0.3) is 0 Å². The van der Waals surface area contributed by atoms with Crippen molar-refractivity contribution in [1.29, 1.82) is 0 Å². The highest BCUT2D eigenvalue weighted by molar-refractivity contribution is 5.40. The molecule has 2 rings (SSSR count). The molecule has 0 amide bonds. The van der Waals surface area contributed by atoms with Gasteiger partial charge < -0.3 is 5.73 Å². The fraction of sp³-hybridized carbons (Fsp3) is 0.357. The standard InChI is InChI=1S/C14H16F3N3/c1-9-3-5-11(6-4-9)20-13(14(15,16)17)12(7-8-18)10(2)19-20/h3-6H,7-8,18H2,1-2H3. The van der Waals surface area contributed by atoms with E-state index in [1.165, 1.54) is 0 Å². The third-order valence-corrected chi connectivity index (χ3v) is 3.13. The van der Waals surface area contributed by atoms with Gasteiger partial charge in [0.15, 0.2) is 5.69 Å². The Kier molecular flexibility index (Phi) is 3.85. The van der Waals surface area contributed by atoms with Gasteiger partial charge in [0.1, 0.15) is 0 Å². The van der Waals surface area contributed by atoms with Crippen molar-refractivity contribution < 1.29 is 13.2 Å². The van der Waals surface area contributed by atoms with Crippen LogP contribution in [0.3, 0.4) is 0 Å². The van der Waals surface area contributed by atoms with Crippen LogP contribution in [0.2, 0.25) is 0 Å². The lowest BCUT2D eigenvalue weighted by Gasteiger charge is -2.12. The average molecular weight is 283 g/mol. The molecule has 2 N–H and O–H groups in total. The molecule has 0 aliphatic rings. The van der Waals surface area contributed by atoms with Gasteiger partial charge in [-0.2, -0.15) is 18.3 Å². The largest absolute Gasteiger partial charge is 0.433 e. The van der Waals surface area contributed by atoms with Crippen LogP contribution in [0, 0.1) is 13.8 Å². The van der Waals surface area contributed by atoms with E-state index in [0.29, 0.717) is 11.4 Å². The van der Waals surface area contributed by atoms with E-state index in [-0.39, 0.29) is 18.5 Å². The van der Waals surface area contributed by atoms with Gasteiger partial charge in [-0.15, -0.1) is 0 Å². The van der Waals surface area contributed by atoms with E-state index >= 15 is 0 Å². The third kappa shape index (κ3) is 2.70. The highest BCUT2D eigenvalue weighted by Crippen LogP contribution is 2.35. The summed E-state index contributed by atoms with van der Waals surface area (Å²) in [4.78, 5) is 0. The van der Waals surface area contributed by atoms with Crippen LogP contribution in [0.1, 0.15) is 22.5 Å². The number of aromatic nitrogens is 2. The van der Waals surface area contributed by atoms with E-state index in [9.17, 15) is 13.2 Å². The van der Waals surface area contributed by atoms with Crippen molar-refractivity contribution in [3.8, 4) is 5.69 Å². The summed E-state index contributed by atoms with van der Waals surface area (Å²) < 4.78 is 40.9. The maximum Gasteiger partial charge on any atom is 0.433 e. The van der Waals surface area contributed by atoms with Crippen molar-refractivity contribution in [1.82, 2.24) is 9.78 Å². The first-order valence-electron chi connectivity index (χ1n) is 6.27. The van der Waals surface area contributed by atoms with Crippen LogP contribution in [0.4, 0.5) is 13.2 Å². The van der Waals surface area contributed by atoms with E-state index in [1.54, 1.807) is 31.2 Å². The van der Waals surface area contributed by atoms with Gasteiger partial charge in [0, 0.05) is 5.56 Å². The summed E-state index contributed by atoms with van der Waals surface area (Å²) in [5.41, 5.74) is 6.58. The number of hydrogen-bond donors (Lipinski definition) is 1. The molecular formula is C14H16F3N3. The van der Waals surface area contributed by atoms with Gasteiger partial charge in [-0.1, -0.05) is 17.7 Å². The zero-order chi connectivity index (χ0) is 14.9. The van der Waals surface area contributed by atoms with Gasteiger partial charge in [-0.05, 0) is 38.9 Å². The van der Waals surface area contributed by atoms with Crippen molar-refractivity contribution in [3.05, 3.63) is 46.8 Å². The Bertz CT molecular complexity index is 597. The molecular weight excluding hydrogens is 267 g/mol. The zero-order valence-corrected chi connectivity index (χ0v) is 11.3. The lowest BCUT2D eigenvalue weighted by Crippen LogP contribution is -2.17. The zero-order valence-electron chi connectivity index (χ0n) is 11.3. The summed E-state index contributed by atoms with van der Waals surface area (Å²) in [5.74, 6) is 0. The maximum absolute atomic E-state index is 13.3.